The summed E-state index contributed by atoms with van der Waals surface area (Å²) in [5.74, 6) is 1.67. The fourth-order valence-corrected chi connectivity index (χ4v) is 9.84. The molecular formula is C57H32N4O2. The molecule has 0 amide bonds. The predicted molar refractivity (Wildman–Crippen MR) is 258 cm³/mol. The maximum Gasteiger partial charge on any atom is 0.164 e. The molecule has 0 unspecified atom stereocenters. The lowest BCUT2D eigenvalue weighted by Gasteiger charge is -2.13. The van der Waals surface area contributed by atoms with E-state index in [4.69, 9.17) is 23.8 Å². The predicted octanol–water partition coefficient (Wildman–Crippen LogP) is 15.2. The average Bonchev–Trinajstić information content (AvgIpc) is 4.01. The quantitative estimate of drug-likeness (QED) is 0.177. The molecule has 0 radical (unpaired) electrons. The van der Waals surface area contributed by atoms with Crippen LogP contribution in [0.1, 0.15) is 0 Å². The van der Waals surface area contributed by atoms with Gasteiger partial charge in [-0.15, -0.1) is 0 Å². The van der Waals surface area contributed by atoms with E-state index in [0.717, 1.165) is 88.1 Å². The topological polar surface area (TPSA) is 69.9 Å². The van der Waals surface area contributed by atoms with E-state index in [-0.39, 0.29) is 0 Å². The molecule has 4 aromatic heterocycles. The number of benzene rings is 10. The third kappa shape index (κ3) is 5.15. The van der Waals surface area contributed by atoms with Gasteiger partial charge >= 0.3 is 0 Å². The molecule has 0 saturated heterocycles. The first kappa shape index (κ1) is 34.1. The molecule has 0 spiro atoms. The van der Waals surface area contributed by atoms with Crippen molar-refractivity contribution in [1.82, 2.24) is 19.5 Å². The molecule has 14 aromatic rings. The molecule has 10 aromatic carbocycles. The van der Waals surface area contributed by atoms with Crippen LogP contribution in [-0.2, 0) is 0 Å². The highest BCUT2D eigenvalue weighted by molar-refractivity contribution is 6.23. The highest BCUT2D eigenvalue weighted by atomic mass is 16.3. The number of hydrogen-bond donors (Lipinski definition) is 0. The van der Waals surface area contributed by atoms with Crippen molar-refractivity contribution in [3.8, 4) is 39.9 Å². The van der Waals surface area contributed by atoms with Gasteiger partial charge in [-0.1, -0.05) is 133 Å². The Kier molecular flexibility index (Phi) is 7.02. The number of hydrogen-bond acceptors (Lipinski definition) is 5. The lowest BCUT2D eigenvalue weighted by molar-refractivity contribution is 0.668. The summed E-state index contributed by atoms with van der Waals surface area (Å²) in [7, 11) is 0. The Morgan fingerprint density at radius 1 is 0.317 bits per heavy atom. The largest absolute Gasteiger partial charge is 0.456 e. The maximum atomic E-state index is 6.78. The van der Waals surface area contributed by atoms with Gasteiger partial charge in [0.05, 0.1) is 16.7 Å². The first-order valence-electron chi connectivity index (χ1n) is 21.2. The van der Waals surface area contributed by atoms with Gasteiger partial charge in [-0.2, -0.15) is 0 Å². The first-order valence-corrected chi connectivity index (χ1v) is 21.2. The van der Waals surface area contributed by atoms with E-state index in [2.05, 4.69) is 162 Å². The average molecular weight is 805 g/mol. The Bertz CT molecular complexity index is 4230. The van der Waals surface area contributed by atoms with Gasteiger partial charge in [0.1, 0.15) is 22.3 Å². The maximum absolute atomic E-state index is 6.78. The summed E-state index contributed by atoms with van der Waals surface area (Å²) in [6, 6.07) is 68.1. The van der Waals surface area contributed by atoms with Crippen molar-refractivity contribution in [1.29, 1.82) is 0 Å². The third-order valence-corrected chi connectivity index (χ3v) is 12.8. The molecule has 6 heteroatoms. The Morgan fingerprint density at radius 3 is 1.70 bits per heavy atom. The van der Waals surface area contributed by atoms with Gasteiger partial charge in [-0.05, 0) is 86.9 Å². The summed E-state index contributed by atoms with van der Waals surface area (Å²) in [6.07, 6.45) is 0. The molecular weight excluding hydrogens is 773 g/mol. The van der Waals surface area contributed by atoms with Gasteiger partial charge in [-0.25, -0.2) is 15.0 Å². The zero-order valence-electron chi connectivity index (χ0n) is 33.6. The van der Waals surface area contributed by atoms with Gasteiger partial charge in [0.25, 0.3) is 0 Å². The smallest absolute Gasteiger partial charge is 0.164 e. The van der Waals surface area contributed by atoms with E-state index in [0.29, 0.717) is 17.5 Å². The SMILES string of the molecule is c1ccc2cc(-c3nc(-c4ccc5c(c4)oc4ccccc45)nc(-c4cc(-n5c6cc7ccccc7cc6c6c7ccccc7ccc65)cc5oc6ccccc6c45)n3)ccc2c1. The summed E-state index contributed by atoms with van der Waals surface area (Å²) in [5, 5.41) is 13.5. The number of rotatable bonds is 4. The van der Waals surface area contributed by atoms with Crippen LogP contribution in [0, 0.1) is 0 Å². The molecule has 0 atom stereocenters. The minimum absolute atomic E-state index is 0.544. The second-order valence-electron chi connectivity index (χ2n) is 16.4. The Morgan fingerprint density at radius 2 is 0.889 bits per heavy atom. The normalized spacial score (nSPS) is 12.1. The van der Waals surface area contributed by atoms with Crippen LogP contribution in [-0.4, -0.2) is 19.5 Å². The fraction of sp³-hybridized carbons (Fsp3) is 0. The van der Waals surface area contributed by atoms with E-state index in [9.17, 15) is 0 Å². The van der Waals surface area contributed by atoms with Crippen molar-refractivity contribution >= 4 is 98.0 Å². The zero-order chi connectivity index (χ0) is 41.2. The molecule has 0 N–H and O–H groups in total. The monoisotopic (exact) mass is 804 g/mol. The molecule has 14 rings (SSSR count). The lowest BCUT2D eigenvalue weighted by Crippen LogP contribution is -2.02. The summed E-state index contributed by atoms with van der Waals surface area (Å²) in [4.78, 5) is 16.0. The molecule has 0 aliphatic carbocycles. The Balaban J connectivity index is 1.08. The third-order valence-electron chi connectivity index (χ3n) is 12.8. The molecule has 0 bridgehead atoms. The second kappa shape index (κ2) is 12.9. The van der Waals surface area contributed by atoms with Gasteiger partial charge in [-0.3, -0.25) is 0 Å². The van der Waals surface area contributed by atoms with Crippen molar-refractivity contribution in [3.63, 3.8) is 0 Å². The molecule has 0 fully saturated rings. The van der Waals surface area contributed by atoms with E-state index < -0.39 is 0 Å². The minimum Gasteiger partial charge on any atom is -0.456 e. The molecule has 0 aliphatic rings. The van der Waals surface area contributed by atoms with E-state index in [1.54, 1.807) is 0 Å². The number of furan rings is 2. The lowest BCUT2D eigenvalue weighted by atomic mass is 10.0. The standard InChI is InChI=1S/C57H32N4O2/c1-2-13-35-27-38(22-21-33(35)11-1)55-58-56(39-23-25-43-42-17-7-9-19-49(42)62-51(43)30-39)60-57(59-55)46-31-40(32-52-54(46)44-18-8-10-20-50(44)63-52)61-47-26-24-34-12-5-6-16-41(34)53(47)45-28-36-14-3-4-15-37(36)29-48(45)61/h1-32H. The summed E-state index contributed by atoms with van der Waals surface area (Å²) in [6.45, 7) is 0. The van der Waals surface area contributed by atoms with Crippen LogP contribution in [0.4, 0.5) is 0 Å². The van der Waals surface area contributed by atoms with Crippen LogP contribution in [0.2, 0.25) is 0 Å². The molecule has 0 aliphatic heterocycles. The van der Waals surface area contributed by atoms with Crippen LogP contribution in [0.25, 0.3) is 138 Å². The van der Waals surface area contributed by atoms with Crippen LogP contribution >= 0.6 is 0 Å². The van der Waals surface area contributed by atoms with Gasteiger partial charge in [0.15, 0.2) is 17.5 Å². The minimum atomic E-state index is 0.544. The summed E-state index contributed by atoms with van der Waals surface area (Å²) < 4.78 is 15.5. The van der Waals surface area contributed by atoms with Crippen molar-refractivity contribution < 1.29 is 8.83 Å². The van der Waals surface area contributed by atoms with Gasteiger partial charge in [0, 0.05) is 55.1 Å². The van der Waals surface area contributed by atoms with Crippen LogP contribution in [0.3, 0.4) is 0 Å². The number of nitrogens with zero attached hydrogens (tertiary/aromatic N) is 4. The number of fused-ring (bicyclic) bond motifs is 13. The molecule has 4 heterocycles. The highest BCUT2D eigenvalue weighted by Crippen LogP contribution is 2.43. The number of para-hydroxylation sites is 2. The van der Waals surface area contributed by atoms with Gasteiger partial charge in [0.2, 0.25) is 0 Å². The van der Waals surface area contributed by atoms with Crippen LogP contribution in [0.15, 0.2) is 203 Å². The van der Waals surface area contributed by atoms with Crippen molar-refractivity contribution in [2.45, 2.75) is 0 Å². The van der Waals surface area contributed by atoms with Crippen molar-refractivity contribution in [2.75, 3.05) is 0 Å². The van der Waals surface area contributed by atoms with Crippen molar-refractivity contribution in [3.05, 3.63) is 194 Å². The molecule has 6 nitrogen and oxygen atoms in total. The Labute approximate surface area is 358 Å². The highest BCUT2D eigenvalue weighted by Gasteiger charge is 2.23. The Hall–Kier alpha value is -8.61. The van der Waals surface area contributed by atoms with E-state index in [1.165, 1.54) is 32.3 Å². The molecule has 0 saturated carbocycles. The summed E-state index contributed by atoms with van der Waals surface area (Å²) >= 11 is 0. The molecule has 292 valence electrons. The van der Waals surface area contributed by atoms with Gasteiger partial charge < -0.3 is 13.4 Å². The zero-order valence-corrected chi connectivity index (χ0v) is 33.6. The summed E-state index contributed by atoms with van der Waals surface area (Å²) in [5.41, 5.74) is 8.89. The van der Waals surface area contributed by atoms with E-state index in [1.807, 2.05) is 36.4 Å². The molecule has 63 heavy (non-hydrogen) atoms. The fourth-order valence-electron chi connectivity index (χ4n) is 9.84. The van der Waals surface area contributed by atoms with Crippen molar-refractivity contribution in [2.24, 2.45) is 0 Å². The van der Waals surface area contributed by atoms with Crippen LogP contribution in [0.5, 0.6) is 0 Å². The van der Waals surface area contributed by atoms with E-state index >= 15 is 0 Å². The van der Waals surface area contributed by atoms with Crippen LogP contribution < -0.4 is 0 Å². The second-order valence-corrected chi connectivity index (χ2v) is 16.4. The first-order chi connectivity index (χ1) is 31.2. The number of aromatic nitrogens is 4.